The van der Waals surface area contributed by atoms with E-state index in [9.17, 15) is 0 Å². The summed E-state index contributed by atoms with van der Waals surface area (Å²) in [6.45, 7) is 8.01. The summed E-state index contributed by atoms with van der Waals surface area (Å²) in [6.07, 6.45) is 2.81. The van der Waals surface area contributed by atoms with Gasteiger partial charge in [0.2, 0.25) is 0 Å². The lowest BCUT2D eigenvalue weighted by molar-refractivity contribution is 0.353. The Hall–Kier alpha value is -2.77. The first kappa shape index (κ1) is 21.9. The van der Waals surface area contributed by atoms with Gasteiger partial charge in [-0.2, -0.15) is 5.10 Å². The number of aryl methyl sites for hydroxylation is 2. The number of aliphatic imine (C=N–C) groups is 1. The van der Waals surface area contributed by atoms with Crippen molar-refractivity contribution in [1.29, 1.82) is 0 Å². The minimum Gasteiger partial charge on any atom is -0.493 e. The molecule has 1 atom stereocenters. The summed E-state index contributed by atoms with van der Waals surface area (Å²) in [5, 5.41) is 11.6. The average molecular weight is 415 g/mol. The van der Waals surface area contributed by atoms with Gasteiger partial charge in [0.25, 0.3) is 0 Å². The van der Waals surface area contributed by atoms with E-state index in [0.29, 0.717) is 0 Å². The van der Waals surface area contributed by atoms with Crippen LogP contribution in [0.5, 0.6) is 11.5 Å². The van der Waals surface area contributed by atoms with E-state index in [4.69, 9.17) is 9.47 Å². The second-order valence-corrected chi connectivity index (χ2v) is 8.24. The molecule has 1 unspecified atom stereocenters. The molecule has 1 aliphatic rings. The maximum Gasteiger partial charge on any atom is 0.191 e. The van der Waals surface area contributed by atoms with Crippen LogP contribution >= 0.6 is 0 Å². The highest BCUT2D eigenvalue weighted by atomic mass is 16.5. The average Bonchev–Trinajstić information content (AvgIpc) is 3.18. The highest BCUT2D eigenvalue weighted by Gasteiger charge is 2.25. The number of guanidine groups is 1. The van der Waals surface area contributed by atoms with Crippen LogP contribution in [0.1, 0.15) is 44.4 Å². The number of benzene rings is 1. The number of nitrogens with one attached hydrogen (secondary N) is 2. The Bertz CT molecular complexity index is 890. The van der Waals surface area contributed by atoms with E-state index in [0.717, 1.165) is 61.5 Å². The minimum atomic E-state index is -0.126. The molecule has 2 heterocycles. The number of ether oxygens (including phenoxy) is 2. The molecule has 8 nitrogen and oxygen atoms in total. The van der Waals surface area contributed by atoms with Crippen LogP contribution in [0.25, 0.3) is 0 Å². The summed E-state index contributed by atoms with van der Waals surface area (Å²) in [4.78, 5) is 9.01. The molecule has 0 aliphatic carbocycles. The quantitative estimate of drug-likeness (QED) is 0.534. The van der Waals surface area contributed by atoms with E-state index in [2.05, 4.69) is 52.5 Å². The lowest BCUT2D eigenvalue weighted by Crippen LogP contribution is -2.49. The molecule has 3 rings (SSSR count). The number of fused-ring (bicyclic) bond motifs is 1. The summed E-state index contributed by atoms with van der Waals surface area (Å²) in [6, 6.07) is 6.35. The number of nitrogens with zero attached hydrogens (tertiary/aromatic N) is 4. The van der Waals surface area contributed by atoms with Crippen molar-refractivity contribution in [2.24, 2.45) is 4.99 Å². The van der Waals surface area contributed by atoms with Gasteiger partial charge in [-0.25, -0.2) is 9.67 Å². The van der Waals surface area contributed by atoms with Gasteiger partial charge in [0.1, 0.15) is 5.82 Å². The van der Waals surface area contributed by atoms with Crippen LogP contribution in [0, 0.1) is 0 Å². The van der Waals surface area contributed by atoms with Crippen LogP contribution < -0.4 is 20.1 Å². The standard InChI is InChI=1S/C22H34N6O2/c1-7-19-26-20-11-9-16(13-28(20)27-19)25-21(23-4)24-14-22(2,3)15-8-10-17(29-5)18(12-15)30-6/h8,10,12,16H,7,9,11,13-14H2,1-6H3,(H2,23,24,25). The van der Waals surface area contributed by atoms with E-state index in [1.807, 2.05) is 16.8 Å². The van der Waals surface area contributed by atoms with Gasteiger partial charge in [0, 0.05) is 37.9 Å². The fraction of sp³-hybridized carbons (Fsp3) is 0.591. The SMILES string of the molecule is CCc1nc2n(n1)CC(NC(=NC)NCC(C)(C)c1ccc(OC)c(OC)c1)CC2. The summed E-state index contributed by atoms with van der Waals surface area (Å²) in [7, 11) is 5.11. The molecule has 8 heteroatoms. The zero-order valence-corrected chi connectivity index (χ0v) is 19.0. The van der Waals surface area contributed by atoms with E-state index in [1.165, 1.54) is 5.56 Å². The highest BCUT2D eigenvalue weighted by Crippen LogP contribution is 2.32. The highest BCUT2D eigenvalue weighted by molar-refractivity contribution is 5.80. The van der Waals surface area contributed by atoms with Crippen molar-refractivity contribution in [3.63, 3.8) is 0 Å². The molecule has 0 spiro atoms. The maximum absolute atomic E-state index is 5.46. The fourth-order valence-electron chi connectivity index (χ4n) is 3.68. The zero-order chi connectivity index (χ0) is 21.7. The summed E-state index contributed by atoms with van der Waals surface area (Å²) in [5.74, 6) is 4.28. The number of rotatable bonds is 7. The smallest absolute Gasteiger partial charge is 0.191 e. The zero-order valence-electron chi connectivity index (χ0n) is 19.0. The molecule has 0 amide bonds. The fourth-order valence-corrected chi connectivity index (χ4v) is 3.68. The lowest BCUT2D eigenvalue weighted by Gasteiger charge is -2.29. The van der Waals surface area contributed by atoms with Crippen molar-refractivity contribution in [3.8, 4) is 11.5 Å². The molecule has 1 aromatic carbocycles. The third-order valence-electron chi connectivity index (χ3n) is 5.65. The first-order valence-corrected chi connectivity index (χ1v) is 10.5. The van der Waals surface area contributed by atoms with Crippen LogP contribution in [0.2, 0.25) is 0 Å². The normalized spacial score (nSPS) is 16.7. The summed E-state index contributed by atoms with van der Waals surface area (Å²) in [5.41, 5.74) is 1.04. The first-order valence-electron chi connectivity index (χ1n) is 10.5. The van der Waals surface area contributed by atoms with Gasteiger partial charge in [-0.3, -0.25) is 4.99 Å². The van der Waals surface area contributed by atoms with Crippen molar-refractivity contribution in [3.05, 3.63) is 35.4 Å². The molecule has 30 heavy (non-hydrogen) atoms. The molecule has 0 saturated heterocycles. The number of hydrogen-bond donors (Lipinski definition) is 2. The Morgan fingerprint density at radius 1 is 1.27 bits per heavy atom. The Labute approximate surface area is 179 Å². The van der Waals surface area contributed by atoms with Gasteiger partial charge in [0.05, 0.1) is 20.8 Å². The van der Waals surface area contributed by atoms with Gasteiger partial charge in [-0.05, 0) is 24.1 Å². The van der Waals surface area contributed by atoms with Crippen LogP contribution in [0.15, 0.2) is 23.2 Å². The van der Waals surface area contributed by atoms with Crippen molar-refractivity contribution >= 4 is 5.96 Å². The molecule has 2 aromatic rings. The third kappa shape index (κ3) is 4.86. The van der Waals surface area contributed by atoms with Crippen molar-refractivity contribution in [2.75, 3.05) is 27.8 Å². The Kier molecular flexibility index (Phi) is 6.84. The van der Waals surface area contributed by atoms with E-state index in [-0.39, 0.29) is 11.5 Å². The lowest BCUT2D eigenvalue weighted by atomic mass is 9.84. The molecular weight excluding hydrogens is 380 g/mol. The Morgan fingerprint density at radius 3 is 2.70 bits per heavy atom. The predicted molar refractivity (Wildman–Crippen MR) is 119 cm³/mol. The van der Waals surface area contributed by atoms with Crippen LogP contribution in [-0.4, -0.2) is 54.6 Å². The topological polar surface area (TPSA) is 85.6 Å². The van der Waals surface area contributed by atoms with Gasteiger partial charge >= 0.3 is 0 Å². The first-order chi connectivity index (χ1) is 14.4. The van der Waals surface area contributed by atoms with E-state index < -0.39 is 0 Å². The molecule has 2 N–H and O–H groups in total. The van der Waals surface area contributed by atoms with Crippen molar-refractivity contribution < 1.29 is 9.47 Å². The molecule has 0 fully saturated rings. The minimum absolute atomic E-state index is 0.126. The summed E-state index contributed by atoms with van der Waals surface area (Å²) < 4.78 is 12.8. The van der Waals surface area contributed by atoms with E-state index >= 15 is 0 Å². The van der Waals surface area contributed by atoms with Gasteiger partial charge in [-0.15, -0.1) is 0 Å². The molecular formula is C22H34N6O2. The molecule has 0 bridgehead atoms. The second kappa shape index (κ2) is 9.36. The number of hydrogen-bond acceptors (Lipinski definition) is 5. The molecule has 0 saturated carbocycles. The number of aromatic nitrogens is 3. The van der Waals surface area contributed by atoms with Crippen LogP contribution in [0.3, 0.4) is 0 Å². The Balaban J connectivity index is 1.61. The Morgan fingerprint density at radius 2 is 2.03 bits per heavy atom. The summed E-state index contributed by atoms with van der Waals surface area (Å²) >= 11 is 0. The second-order valence-electron chi connectivity index (χ2n) is 8.24. The molecule has 164 valence electrons. The maximum atomic E-state index is 5.46. The third-order valence-corrected chi connectivity index (χ3v) is 5.65. The molecule has 1 aromatic heterocycles. The monoisotopic (exact) mass is 414 g/mol. The van der Waals surface area contributed by atoms with Gasteiger partial charge in [0.15, 0.2) is 23.3 Å². The van der Waals surface area contributed by atoms with Gasteiger partial charge in [-0.1, -0.05) is 26.8 Å². The van der Waals surface area contributed by atoms with Crippen LogP contribution in [-0.2, 0) is 24.8 Å². The van der Waals surface area contributed by atoms with Gasteiger partial charge < -0.3 is 20.1 Å². The largest absolute Gasteiger partial charge is 0.493 e. The van der Waals surface area contributed by atoms with E-state index in [1.54, 1.807) is 21.3 Å². The van der Waals surface area contributed by atoms with Crippen molar-refractivity contribution in [2.45, 2.75) is 58.0 Å². The molecule has 0 radical (unpaired) electrons. The molecule has 1 aliphatic heterocycles. The predicted octanol–water partition coefficient (Wildman–Crippen LogP) is 2.32. The van der Waals surface area contributed by atoms with Crippen LogP contribution in [0.4, 0.5) is 0 Å². The number of methoxy groups -OCH3 is 2. The van der Waals surface area contributed by atoms with Crippen molar-refractivity contribution in [1.82, 2.24) is 25.4 Å².